The van der Waals surface area contributed by atoms with E-state index >= 15 is 0 Å². The molecule has 0 aliphatic carbocycles. The Labute approximate surface area is 108 Å². The Kier molecular flexibility index (Phi) is 3.99. The lowest BCUT2D eigenvalue weighted by Gasteiger charge is -2.09. The number of nitrogens with zero attached hydrogens (tertiary/aromatic N) is 1. The van der Waals surface area contributed by atoms with E-state index in [1.54, 1.807) is 55.6 Å². The van der Waals surface area contributed by atoms with Gasteiger partial charge >= 0.3 is 0 Å². The van der Waals surface area contributed by atoms with Gasteiger partial charge in [-0.1, -0.05) is 36.4 Å². The lowest BCUT2D eigenvalue weighted by Crippen LogP contribution is -2.23. The van der Waals surface area contributed by atoms with Crippen LogP contribution in [0.2, 0.25) is 0 Å². The molecule has 0 fully saturated rings. The molecule has 1 aromatic carbocycles. The van der Waals surface area contributed by atoms with Crippen LogP contribution < -0.4 is 0 Å². The van der Waals surface area contributed by atoms with Crippen molar-refractivity contribution < 1.29 is 9.00 Å². The van der Waals surface area contributed by atoms with Crippen LogP contribution in [0.1, 0.15) is 17.3 Å². The topological polar surface area (TPSA) is 47.0 Å². The van der Waals surface area contributed by atoms with Gasteiger partial charge in [0.25, 0.3) is 0 Å². The molecule has 1 heterocycles. The van der Waals surface area contributed by atoms with E-state index in [4.69, 9.17) is 0 Å². The molecule has 92 valence electrons. The first-order valence-electron chi connectivity index (χ1n) is 5.61. The van der Waals surface area contributed by atoms with Crippen molar-refractivity contribution >= 4 is 16.6 Å². The minimum Gasteiger partial charge on any atom is -0.293 e. The number of benzene rings is 1. The fraction of sp³-hybridized carbons (Fsp3) is 0.143. The first-order valence-corrected chi connectivity index (χ1v) is 6.82. The number of aromatic nitrogens is 1. The summed E-state index contributed by atoms with van der Waals surface area (Å²) in [5.74, 6) is -0.125. The molecule has 2 aromatic rings. The van der Waals surface area contributed by atoms with Crippen LogP contribution in [0.4, 0.5) is 0 Å². The summed E-state index contributed by atoms with van der Waals surface area (Å²) in [6, 6.07) is 14.1. The predicted molar refractivity (Wildman–Crippen MR) is 70.9 cm³/mol. The van der Waals surface area contributed by atoms with Gasteiger partial charge in [0.05, 0.1) is 10.8 Å². The van der Waals surface area contributed by atoms with Gasteiger partial charge in [0.15, 0.2) is 5.78 Å². The number of hydrogen-bond donors (Lipinski definition) is 0. The Hall–Kier alpha value is -1.81. The molecule has 0 radical (unpaired) electrons. The van der Waals surface area contributed by atoms with Crippen molar-refractivity contribution in [2.45, 2.75) is 17.2 Å². The van der Waals surface area contributed by atoms with Crippen LogP contribution in [0, 0.1) is 0 Å². The highest BCUT2D eigenvalue weighted by atomic mass is 32.2. The van der Waals surface area contributed by atoms with Crippen molar-refractivity contribution in [2.75, 3.05) is 0 Å². The third-order valence-corrected chi connectivity index (χ3v) is 4.10. The maximum absolute atomic E-state index is 12.2. The molecule has 0 amide bonds. The number of pyridine rings is 1. The van der Waals surface area contributed by atoms with Crippen LogP contribution >= 0.6 is 0 Å². The highest BCUT2D eigenvalue weighted by molar-refractivity contribution is 7.86. The molecule has 0 aliphatic heterocycles. The van der Waals surface area contributed by atoms with Crippen LogP contribution in [0.25, 0.3) is 0 Å². The van der Waals surface area contributed by atoms with E-state index < -0.39 is 16.0 Å². The molecule has 0 bridgehead atoms. The molecule has 2 rings (SSSR count). The number of rotatable bonds is 4. The van der Waals surface area contributed by atoms with Crippen LogP contribution in [-0.4, -0.2) is 20.2 Å². The summed E-state index contributed by atoms with van der Waals surface area (Å²) >= 11 is 0. The van der Waals surface area contributed by atoms with E-state index in [1.165, 1.54) is 0 Å². The van der Waals surface area contributed by atoms with Crippen molar-refractivity contribution in [3.05, 3.63) is 60.3 Å². The van der Waals surface area contributed by atoms with Gasteiger partial charge in [-0.3, -0.25) is 9.00 Å². The Bertz CT molecular complexity index is 503. The summed E-state index contributed by atoms with van der Waals surface area (Å²) in [7, 11) is -1.42. The zero-order valence-corrected chi connectivity index (χ0v) is 10.8. The molecule has 4 heteroatoms. The molecule has 0 N–H and O–H groups in total. The molecule has 0 saturated carbocycles. The molecule has 18 heavy (non-hydrogen) atoms. The van der Waals surface area contributed by atoms with Crippen LogP contribution in [0.15, 0.2) is 59.8 Å². The van der Waals surface area contributed by atoms with Gasteiger partial charge in [-0.2, -0.15) is 0 Å². The summed E-state index contributed by atoms with van der Waals surface area (Å²) in [6.45, 7) is 1.67. The van der Waals surface area contributed by atoms with Gasteiger partial charge in [-0.05, 0) is 19.1 Å². The molecule has 2 unspecified atom stereocenters. The van der Waals surface area contributed by atoms with Crippen molar-refractivity contribution in [1.29, 1.82) is 0 Å². The predicted octanol–water partition coefficient (Wildman–Crippen LogP) is 2.46. The first-order chi connectivity index (χ1) is 8.70. The number of carbonyl (C=O) groups excluding carboxylic acids is 1. The van der Waals surface area contributed by atoms with Gasteiger partial charge in [0.1, 0.15) is 10.3 Å². The number of ketones is 1. The highest BCUT2D eigenvalue weighted by Gasteiger charge is 2.23. The van der Waals surface area contributed by atoms with Crippen molar-refractivity contribution in [3.63, 3.8) is 0 Å². The van der Waals surface area contributed by atoms with Crippen molar-refractivity contribution in [2.24, 2.45) is 0 Å². The molecule has 2 atom stereocenters. The Morgan fingerprint density at radius 1 is 1.11 bits per heavy atom. The number of Topliss-reactive ketones (excluding diaryl/α,β-unsaturated/α-hetero) is 1. The molecule has 1 aromatic heterocycles. The lowest BCUT2D eigenvalue weighted by molar-refractivity contribution is 0.0992. The van der Waals surface area contributed by atoms with E-state index in [0.717, 1.165) is 0 Å². The molecular formula is C14H13NO2S. The lowest BCUT2D eigenvalue weighted by atomic mass is 10.1. The maximum atomic E-state index is 12.2. The van der Waals surface area contributed by atoms with E-state index in [0.29, 0.717) is 10.6 Å². The summed E-state index contributed by atoms with van der Waals surface area (Å²) < 4.78 is 12.2. The summed E-state index contributed by atoms with van der Waals surface area (Å²) in [5, 5.41) is -0.156. The van der Waals surface area contributed by atoms with Crippen LogP contribution in [0.5, 0.6) is 0 Å². The smallest absolute Gasteiger partial charge is 0.178 e. The fourth-order valence-electron chi connectivity index (χ4n) is 1.58. The quantitative estimate of drug-likeness (QED) is 0.792. The first kappa shape index (κ1) is 12.6. The normalized spacial score (nSPS) is 13.8. The summed E-state index contributed by atoms with van der Waals surface area (Å²) in [4.78, 5) is 16.2. The standard InChI is InChI=1S/C14H13NO2S/c1-11(14(16)12-7-3-2-4-8-12)18(17)13-9-5-6-10-15-13/h2-11H,1H3. The summed E-state index contributed by atoms with van der Waals surface area (Å²) in [5.41, 5.74) is 0.578. The molecular weight excluding hydrogens is 246 g/mol. The average Bonchev–Trinajstić information content (AvgIpc) is 2.47. The van der Waals surface area contributed by atoms with Gasteiger partial charge < -0.3 is 0 Å². The zero-order chi connectivity index (χ0) is 13.0. The van der Waals surface area contributed by atoms with Crippen molar-refractivity contribution in [1.82, 2.24) is 4.98 Å². The van der Waals surface area contributed by atoms with E-state index in [9.17, 15) is 9.00 Å². The Balaban J connectivity index is 2.20. The Morgan fingerprint density at radius 2 is 1.78 bits per heavy atom. The molecule has 0 spiro atoms. The van der Waals surface area contributed by atoms with Crippen LogP contribution in [0.3, 0.4) is 0 Å². The van der Waals surface area contributed by atoms with E-state index in [-0.39, 0.29) is 5.78 Å². The van der Waals surface area contributed by atoms with Gasteiger partial charge in [0.2, 0.25) is 0 Å². The highest BCUT2D eigenvalue weighted by Crippen LogP contribution is 2.13. The molecule has 0 saturated heterocycles. The molecule has 3 nitrogen and oxygen atoms in total. The van der Waals surface area contributed by atoms with Crippen molar-refractivity contribution in [3.8, 4) is 0 Å². The second-order valence-corrected chi connectivity index (χ2v) is 5.56. The number of carbonyl (C=O) groups is 1. The third kappa shape index (κ3) is 2.71. The van der Waals surface area contributed by atoms with Gasteiger partial charge in [-0.15, -0.1) is 0 Å². The largest absolute Gasteiger partial charge is 0.293 e. The minimum atomic E-state index is -1.42. The van der Waals surface area contributed by atoms with Gasteiger partial charge in [-0.25, -0.2) is 4.98 Å². The maximum Gasteiger partial charge on any atom is 0.178 e. The van der Waals surface area contributed by atoms with Gasteiger partial charge in [0, 0.05) is 11.8 Å². The minimum absolute atomic E-state index is 0.125. The number of hydrogen-bond acceptors (Lipinski definition) is 3. The monoisotopic (exact) mass is 259 g/mol. The SMILES string of the molecule is CC(C(=O)c1ccccc1)S(=O)c1ccccn1. The third-order valence-electron chi connectivity index (χ3n) is 2.59. The zero-order valence-electron chi connectivity index (χ0n) is 9.95. The fourth-order valence-corrected chi connectivity index (χ4v) is 2.65. The molecule has 0 aliphatic rings. The second-order valence-electron chi connectivity index (χ2n) is 3.84. The van der Waals surface area contributed by atoms with E-state index in [2.05, 4.69) is 4.98 Å². The summed E-state index contributed by atoms with van der Waals surface area (Å²) in [6.07, 6.45) is 1.58. The average molecular weight is 259 g/mol. The van der Waals surface area contributed by atoms with Crippen LogP contribution in [-0.2, 0) is 10.8 Å². The van der Waals surface area contributed by atoms with E-state index in [1.807, 2.05) is 6.07 Å². The second kappa shape index (κ2) is 5.69. The Morgan fingerprint density at radius 3 is 2.39 bits per heavy atom.